The number of aliphatic hydroxyl groups is 1. The molecule has 0 fully saturated rings. The summed E-state index contributed by atoms with van der Waals surface area (Å²) in [6.07, 6.45) is 0.0304. The van der Waals surface area contributed by atoms with Gasteiger partial charge in [0.1, 0.15) is 17.0 Å². The highest BCUT2D eigenvalue weighted by Crippen LogP contribution is 2.31. The highest BCUT2D eigenvalue weighted by Gasteiger charge is 2.15. The minimum atomic E-state index is -0.785. The maximum absolute atomic E-state index is 11.7. The third-order valence-corrected chi connectivity index (χ3v) is 6.37. The summed E-state index contributed by atoms with van der Waals surface area (Å²) < 4.78 is 0.584. The number of aliphatic hydroxyl groups excluding tert-OH is 1. The molecule has 1 atom stereocenters. The zero-order valence-electron chi connectivity index (χ0n) is 18.0. The van der Waals surface area contributed by atoms with E-state index in [0.29, 0.717) is 35.4 Å². The molecule has 8 heteroatoms. The van der Waals surface area contributed by atoms with E-state index in [1.807, 2.05) is 18.2 Å². The Kier molecular flexibility index (Phi) is 7.41. The summed E-state index contributed by atoms with van der Waals surface area (Å²) >= 11 is 0.987. The van der Waals surface area contributed by atoms with Gasteiger partial charge in [0.25, 0.3) is 0 Å². The summed E-state index contributed by atoms with van der Waals surface area (Å²) in [6.45, 7) is 2.45. The van der Waals surface area contributed by atoms with Crippen LogP contribution in [-0.4, -0.2) is 33.4 Å². The van der Waals surface area contributed by atoms with E-state index in [2.05, 4.69) is 33.8 Å². The Morgan fingerprint density at radius 3 is 2.42 bits per heavy atom. The Hall–Kier alpha value is -3.17. The second-order valence-electron chi connectivity index (χ2n) is 7.96. The summed E-state index contributed by atoms with van der Waals surface area (Å²) in [7, 11) is 0. The molecule has 4 aromatic rings. The molecule has 0 amide bonds. The monoisotopic (exact) mass is 465 g/mol. The number of nitrogens with one attached hydrogen (secondary N) is 3. The van der Waals surface area contributed by atoms with E-state index in [1.165, 1.54) is 17.2 Å². The molecule has 1 aromatic heterocycles. The van der Waals surface area contributed by atoms with Gasteiger partial charge in [0.05, 0.1) is 10.8 Å². The normalized spacial score (nSPS) is 12.3. The van der Waals surface area contributed by atoms with Crippen LogP contribution in [0.15, 0.2) is 65.5 Å². The molecule has 0 aliphatic heterocycles. The van der Waals surface area contributed by atoms with Crippen molar-refractivity contribution in [2.24, 2.45) is 0 Å². The number of H-pyrrole nitrogens is 1. The summed E-state index contributed by atoms with van der Waals surface area (Å²) in [5, 5.41) is 36.7. The van der Waals surface area contributed by atoms with Gasteiger partial charge in [-0.25, -0.2) is 0 Å². The van der Waals surface area contributed by atoms with Crippen molar-refractivity contribution in [3.63, 3.8) is 0 Å². The molecule has 6 N–H and O–H groups in total. The topological polar surface area (TPSA) is 118 Å². The van der Waals surface area contributed by atoms with Crippen molar-refractivity contribution in [3.8, 4) is 11.5 Å². The Bertz CT molecular complexity index is 1280. The Morgan fingerprint density at radius 2 is 1.64 bits per heavy atom. The lowest BCUT2D eigenvalue weighted by Gasteiger charge is -2.14. The molecule has 0 radical (unpaired) electrons. The molecule has 3 aromatic carbocycles. The first kappa shape index (κ1) is 23.0. The first-order valence-corrected chi connectivity index (χ1v) is 11.6. The quantitative estimate of drug-likeness (QED) is 0.200. The maximum atomic E-state index is 11.7. The number of phenolic OH excluding ortho intramolecular Hbond substituents is 2. The molecule has 0 saturated heterocycles. The standard InChI is InChI=1S/C25H27N3O4S/c29-19-6-2-5-18(12-19)14-27-13-17-4-1-3-16(11-17)9-10-26-15-22(31)20-7-8-21(30)23-24(20)33-25(32)28-23/h1-8,11-12,22,26-27,29-31H,9-10,13-15H2,(H,28,32). The molecule has 172 valence electrons. The first-order valence-electron chi connectivity index (χ1n) is 10.8. The van der Waals surface area contributed by atoms with Crippen LogP contribution in [0.2, 0.25) is 0 Å². The molecule has 1 heterocycles. The SMILES string of the molecule is O=c1[nH]c2c(O)ccc(C(O)CNCCc3cccc(CNCc4cccc(O)c4)c3)c2s1. The molecule has 0 saturated carbocycles. The van der Waals surface area contributed by atoms with Gasteiger partial charge in [-0.15, -0.1) is 0 Å². The van der Waals surface area contributed by atoms with Gasteiger partial charge in [0, 0.05) is 25.2 Å². The zero-order chi connectivity index (χ0) is 23.2. The van der Waals surface area contributed by atoms with Crippen LogP contribution in [0.25, 0.3) is 10.2 Å². The van der Waals surface area contributed by atoms with Gasteiger partial charge in [0.15, 0.2) is 0 Å². The second-order valence-corrected chi connectivity index (χ2v) is 8.94. The molecule has 4 rings (SSSR count). The average molecular weight is 466 g/mol. The number of rotatable bonds is 10. The van der Waals surface area contributed by atoms with Crippen molar-refractivity contribution in [2.45, 2.75) is 25.6 Å². The summed E-state index contributed by atoms with van der Waals surface area (Å²) in [4.78, 5) is 14.0. The van der Waals surface area contributed by atoms with E-state index in [1.54, 1.807) is 18.2 Å². The van der Waals surface area contributed by atoms with Crippen molar-refractivity contribution in [3.05, 3.63) is 92.6 Å². The van der Waals surface area contributed by atoms with Crippen LogP contribution in [0.1, 0.15) is 28.4 Å². The average Bonchev–Trinajstić information content (AvgIpc) is 3.19. The number of aromatic nitrogens is 1. The van der Waals surface area contributed by atoms with Crippen molar-refractivity contribution < 1.29 is 15.3 Å². The van der Waals surface area contributed by atoms with Crippen LogP contribution in [0.3, 0.4) is 0 Å². The van der Waals surface area contributed by atoms with Gasteiger partial charge in [-0.2, -0.15) is 0 Å². The fourth-order valence-electron chi connectivity index (χ4n) is 3.80. The third-order valence-electron chi connectivity index (χ3n) is 5.44. The Labute approximate surface area is 195 Å². The van der Waals surface area contributed by atoms with E-state index < -0.39 is 6.10 Å². The van der Waals surface area contributed by atoms with Crippen molar-refractivity contribution in [2.75, 3.05) is 13.1 Å². The minimum absolute atomic E-state index is 0.00328. The predicted molar refractivity (Wildman–Crippen MR) is 131 cm³/mol. The molecular formula is C25H27N3O4S. The highest BCUT2D eigenvalue weighted by molar-refractivity contribution is 7.16. The van der Waals surface area contributed by atoms with Crippen LogP contribution in [-0.2, 0) is 19.5 Å². The lowest BCUT2D eigenvalue weighted by molar-refractivity contribution is 0.176. The first-order chi connectivity index (χ1) is 16.0. The smallest absolute Gasteiger partial charge is 0.305 e. The lowest BCUT2D eigenvalue weighted by Crippen LogP contribution is -2.24. The summed E-state index contributed by atoms with van der Waals surface area (Å²) in [5.74, 6) is 0.274. The minimum Gasteiger partial charge on any atom is -0.508 e. The molecule has 0 aliphatic rings. The Morgan fingerprint density at radius 1 is 0.909 bits per heavy atom. The fraction of sp³-hybridized carbons (Fsp3) is 0.240. The number of aromatic hydroxyl groups is 2. The molecule has 0 bridgehead atoms. The second kappa shape index (κ2) is 10.6. The number of phenols is 2. The molecule has 33 heavy (non-hydrogen) atoms. The molecule has 1 unspecified atom stereocenters. The van der Waals surface area contributed by atoms with Crippen LogP contribution < -0.4 is 15.5 Å². The largest absolute Gasteiger partial charge is 0.508 e. The highest BCUT2D eigenvalue weighted by atomic mass is 32.1. The summed E-state index contributed by atoms with van der Waals surface area (Å²) in [5.41, 5.74) is 4.41. The van der Waals surface area contributed by atoms with Gasteiger partial charge >= 0.3 is 4.87 Å². The number of hydrogen-bond donors (Lipinski definition) is 6. The predicted octanol–water partition coefficient (Wildman–Crippen LogP) is 3.16. The van der Waals surface area contributed by atoms with E-state index in [9.17, 15) is 20.1 Å². The van der Waals surface area contributed by atoms with Crippen LogP contribution in [0.5, 0.6) is 11.5 Å². The van der Waals surface area contributed by atoms with Crippen LogP contribution >= 0.6 is 11.3 Å². The number of aromatic amines is 1. The van der Waals surface area contributed by atoms with Crippen LogP contribution in [0.4, 0.5) is 0 Å². The van der Waals surface area contributed by atoms with E-state index in [4.69, 9.17) is 0 Å². The lowest BCUT2D eigenvalue weighted by atomic mass is 10.1. The van der Waals surface area contributed by atoms with Crippen molar-refractivity contribution in [1.82, 2.24) is 15.6 Å². The molecular weight excluding hydrogens is 438 g/mol. The molecule has 7 nitrogen and oxygen atoms in total. The fourth-order valence-corrected chi connectivity index (χ4v) is 4.71. The van der Waals surface area contributed by atoms with Crippen molar-refractivity contribution >= 4 is 21.6 Å². The molecule has 0 aliphatic carbocycles. The zero-order valence-corrected chi connectivity index (χ0v) is 18.9. The van der Waals surface area contributed by atoms with Crippen molar-refractivity contribution in [1.29, 1.82) is 0 Å². The van der Waals surface area contributed by atoms with Gasteiger partial charge < -0.3 is 30.9 Å². The van der Waals surface area contributed by atoms with E-state index in [-0.39, 0.29) is 16.4 Å². The number of benzene rings is 3. The van der Waals surface area contributed by atoms with Gasteiger partial charge in [-0.1, -0.05) is 53.8 Å². The molecule has 0 spiro atoms. The maximum Gasteiger partial charge on any atom is 0.305 e. The van der Waals surface area contributed by atoms with E-state index >= 15 is 0 Å². The number of hydrogen-bond acceptors (Lipinski definition) is 7. The van der Waals surface area contributed by atoms with Crippen LogP contribution in [0, 0.1) is 0 Å². The summed E-state index contributed by atoms with van der Waals surface area (Å²) in [6, 6.07) is 18.7. The third kappa shape index (κ3) is 6.00. The van der Waals surface area contributed by atoms with E-state index in [0.717, 1.165) is 29.9 Å². The number of thiazole rings is 1. The Balaban J connectivity index is 1.25. The van der Waals surface area contributed by atoms with Gasteiger partial charge in [-0.05, 0) is 47.9 Å². The number of fused-ring (bicyclic) bond motifs is 1. The van der Waals surface area contributed by atoms with Gasteiger partial charge in [-0.3, -0.25) is 4.79 Å². The van der Waals surface area contributed by atoms with Gasteiger partial charge in [0.2, 0.25) is 0 Å².